The van der Waals surface area contributed by atoms with Crippen LogP contribution in [0, 0.1) is 6.92 Å². The summed E-state index contributed by atoms with van der Waals surface area (Å²) in [7, 11) is 0. The monoisotopic (exact) mass is 425 g/mol. The Morgan fingerprint density at radius 2 is 2.07 bits per heavy atom. The van der Waals surface area contributed by atoms with Gasteiger partial charge in [-0.1, -0.05) is 29.8 Å². The van der Waals surface area contributed by atoms with E-state index in [1.54, 1.807) is 29.2 Å². The fourth-order valence-electron chi connectivity index (χ4n) is 3.74. The lowest BCUT2D eigenvalue weighted by Gasteiger charge is -2.26. The number of aromatic amines is 1. The van der Waals surface area contributed by atoms with Crippen molar-refractivity contribution in [2.45, 2.75) is 32.4 Å². The molecule has 1 aromatic heterocycles. The molecular formula is C23H24ClN3O3. The highest BCUT2D eigenvalue weighted by molar-refractivity contribution is 6.30. The maximum absolute atomic E-state index is 13.0. The van der Waals surface area contributed by atoms with Crippen LogP contribution in [0.25, 0.3) is 10.9 Å². The molecule has 0 radical (unpaired) electrons. The lowest BCUT2D eigenvalue weighted by molar-refractivity contribution is 0.0818. The fourth-order valence-corrected chi connectivity index (χ4v) is 3.87. The molecule has 4 rings (SSSR count). The summed E-state index contributed by atoms with van der Waals surface area (Å²) in [5.41, 5.74) is 2.82. The summed E-state index contributed by atoms with van der Waals surface area (Å²) in [5.74, 6) is 0. The molecule has 0 saturated carbocycles. The number of H-pyrrole nitrogens is 1. The molecule has 7 heteroatoms. The van der Waals surface area contributed by atoms with Gasteiger partial charge in [0.2, 0.25) is 0 Å². The van der Waals surface area contributed by atoms with Crippen molar-refractivity contribution < 1.29 is 9.53 Å². The average molecular weight is 426 g/mol. The van der Waals surface area contributed by atoms with Gasteiger partial charge in [-0.05, 0) is 61.0 Å². The standard InChI is InChI=1S/C23H24ClN3O3/c1-15-4-2-5-16-12-17(22(28)26-21(15)16)13-27(14-20-6-3-11-30-20)23(29)25-19-9-7-18(24)8-10-19/h2,4-5,7-10,12,20H,3,6,11,13-14H2,1H3,(H,25,29)(H,26,28)/t20-/m1/s1. The fraction of sp³-hybridized carbons (Fsp3) is 0.304. The number of halogens is 1. The summed E-state index contributed by atoms with van der Waals surface area (Å²) in [5, 5.41) is 4.43. The van der Waals surface area contributed by atoms with Crippen molar-refractivity contribution in [2.24, 2.45) is 0 Å². The van der Waals surface area contributed by atoms with Gasteiger partial charge in [0, 0.05) is 29.4 Å². The minimum atomic E-state index is -0.281. The molecule has 30 heavy (non-hydrogen) atoms. The van der Waals surface area contributed by atoms with Gasteiger partial charge in [0.05, 0.1) is 18.2 Å². The number of benzene rings is 2. The molecule has 1 saturated heterocycles. The second-order valence-electron chi connectivity index (χ2n) is 7.62. The minimum absolute atomic E-state index is 0.0252. The van der Waals surface area contributed by atoms with E-state index in [4.69, 9.17) is 16.3 Å². The Bertz CT molecular complexity index is 1100. The van der Waals surface area contributed by atoms with Crippen LogP contribution in [0.2, 0.25) is 5.02 Å². The van der Waals surface area contributed by atoms with E-state index in [2.05, 4.69) is 10.3 Å². The number of hydrogen-bond donors (Lipinski definition) is 2. The summed E-state index contributed by atoms with van der Waals surface area (Å²) in [6.45, 7) is 3.28. The van der Waals surface area contributed by atoms with Crippen LogP contribution in [0.15, 0.2) is 53.3 Å². The summed E-state index contributed by atoms with van der Waals surface area (Å²) >= 11 is 5.93. The van der Waals surface area contributed by atoms with E-state index in [0.29, 0.717) is 29.4 Å². The first-order chi connectivity index (χ1) is 14.5. The number of anilines is 1. The second-order valence-corrected chi connectivity index (χ2v) is 8.05. The molecule has 0 spiro atoms. The van der Waals surface area contributed by atoms with E-state index in [1.165, 1.54) is 0 Å². The molecule has 2 N–H and O–H groups in total. The first-order valence-electron chi connectivity index (χ1n) is 10.0. The number of ether oxygens (including phenoxy) is 1. The molecule has 1 fully saturated rings. The highest BCUT2D eigenvalue weighted by Crippen LogP contribution is 2.19. The third-order valence-electron chi connectivity index (χ3n) is 5.36. The van der Waals surface area contributed by atoms with Crippen molar-refractivity contribution in [3.63, 3.8) is 0 Å². The Morgan fingerprint density at radius 1 is 1.27 bits per heavy atom. The predicted molar refractivity (Wildman–Crippen MR) is 119 cm³/mol. The van der Waals surface area contributed by atoms with Crippen LogP contribution in [0.5, 0.6) is 0 Å². The highest BCUT2D eigenvalue weighted by Gasteiger charge is 2.24. The topological polar surface area (TPSA) is 74.4 Å². The van der Waals surface area contributed by atoms with E-state index >= 15 is 0 Å². The van der Waals surface area contributed by atoms with Gasteiger partial charge >= 0.3 is 6.03 Å². The number of nitrogens with one attached hydrogen (secondary N) is 2. The number of hydrogen-bond acceptors (Lipinski definition) is 3. The van der Waals surface area contributed by atoms with Gasteiger partial charge in [-0.15, -0.1) is 0 Å². The van der Waals surface area contributed by atoms with Gasteiger partial charge < -0.3 is 19.9 Å². The molecule has 0 bridgehead atoms. The van der Waals surface area contributed by atoms with E-state index in [0.717, 1.165) is 29.3 Å². The smallest absolute Gasteiger partial charge is 0.322 e. The number of pyridine rings is 1. The summed E-state index contributed by atoms with van der Waals surface area (Å²) in [6.07, 6.45) is 1.85. The van der Waals surface area contributed by atoms with Crippen molar-refractivity contribution in [3.05, 3.63) is 75.0 Å². The van der Waals surface area contributed by atoms with E-state index < -0.39 is 0 Å². The van der Waals surface area contributed by atoms with Crippen molar-refractivity contribution in [2.75, 3.05) is 18.5 Å². The maximum Gasteiger partial charge on any atom is 0.322 e. The number of amides is 2. The average Bonchev–Trinajstić information content (AvgIpc) is 3.24. The molecule has 156 valence electrons. The quantitative estimate of drug-likeness (QED) is 0.622. The van der Waals surface area contributed by atoms with E-state index in [1.807, 2.05) is 31.2 Å². The third-order valence-corrected chi connectivity index (χ3v) is 5.61. The van der Waals surface area contributed by atoms with Crippen LogP contribution >= 0.6 is 11.6 Å². The molecule has 1 atom stereocenters. The van der Waals surface area contributed by atoms with E-state index in [9.17, 15) is 9.59 Å². The van der Waals surface area contributed by atoms with Crippen LogP contribution in [0.1, 0.15) is 24.0 Å². The molecule has 2 aromatic carbocycles. The zero-order valence-corrected chi connectivity index (χ0v) is 17.5. The number of rotatable bonds is 5. The number of carbonyl (C=O) groups is 1. The van der Waals surface area contributed by atoms with Crippen LogP contribution in [0.4, 0.5) is 10.5 Å². The number of para-hydroxylation sites is 1. The number of urea groups is 1. The van der Waals surface area contributed by atoms with Crippen LogP contribution in [0.3, 0.4) is 0 Å². The Morgan fingerprint density at radius 3 is 2.80 bits per heavy atom. The minimum Gasteiger partial charge on any atom is -0.376 e. The summed E-state index contributed by atoms with van der Waals surface area (Å²) in [4.78, 5) is 30.3. The normalized spacial score (nSPS) is 16.0. The van der Waals surface area contributed by atoms with Gasteiger partial charge in [0.1, 0.15) is 0 Å². The van der Waals surface area contributed by atoms with Gasteiger partial charge in [0.15, 0.2) is 0 Å². The van der Waals surface area contributed by atoms with Gasteiger partial charge in [0.25, 0.3) is 5.56 Å². The molecule has 3 aromatic rings. The number of carbonyl (C=O) groups excluding carboxylic acids is 1. The number of nitrogens with zero attached hydrogens (tertiary/aromatic N) is 1. The number of aromatic nitrogens is 1. The van der Waals surface area contributed by atoms with Gasteiger partial charge in [-0.3, -0.25) is 4.79 Å². The van der Waals surface area contributed by atoms with Crippen molar-refractivity contribution in [1.82, 2.24) is 9.88 Å². The summed E-state index contributed by atoms with van der Waals surface area (Å²) in [6, 6.07) is 14.4. The van der Waals surface area contributed by atoms with Crippen LogP contribution in [-0.2, 0) is 11.3 Å². The second kappa shape index (κ2) is 8.90. The molecule has 1 aliphatic heterocycles. The van der Waals surface area contributed by atoms with Crippen LogP contribution < -0.4 is 10.9 Å². The third kappa shape index (κ3) is 4.66. The van der Waals surface area contributed by atoms with Crippen molar-refractivity contribution in [3.8, 4) is 0 Å². The number of aryl methyl sites for hydroxylation is 1. The summed E-state index contributed by atoms with van der Waals surface area (Å²) < 4.78 is 5.73. The molecular weight excluding hydrogens is 402 g/mol. The molecule has 2 amide bonds. The Balaban J connectivity index is 1.59. The van der Waals surface area contributed by atoms with Crippen molar-refractivity contribution >= 4 is 34.2 Å². The highest BCUT2D eigenvalue weighted by atomic mass is 35.5. The van der Waals surface area contributed by atoms with Crippen LogP contribution in [-0.4, -0.2) is 35.2 Å². The lowest BCUT2D eigenvalue weighted by atomic mass is 10.1. The van der Waals surface area contributed by atoms with Gasteiger partial charge in [-0.25, -0.2) is 4.79 Å². The Kier molecular flexibility index (Phi) is 6.06. The zero-order chi connectivity index (χ0) is 21.1. The SMILES string of the molecule is Cc1cccc2cc(CN(C[C@H]3CCCO3)C(=O)Nc3ccc(Cl)cc3)c(=O)[nH]c12. The van der Waals surface area contributed by atoms with Crippen molar-refractivity contribution in [1.29, 1.82) is 0 Å². The number of fused-ring (bicyclic) bond motifs is 1. The molecule has 6 nitrogen and oxygen atoms in total. The first-order valence-corrected chi connectivity index (χ1v) is 10.4. The maximum atomic E-state index is 13.0. The molecule has 0 unspecified atom stereocenters. The molecule has 0 aliphatic carbocycles. The van der Waals surface area contributed by atoms with E-state index in [-0.39, 0.29) is 24.2 Å². The molecule has 2 heterocycles. The molecule has 1 aliphatic rings. The Labute approximate surface area is 179 Å². The first kappa shape index (κ1) is 20.4. The predicted octanol–water partition coefficient (Wildman–Crippen LogP) is 4.70. The largest absolute Gasteiger partial charge is 0.376 e. The zero-order valence-electron chi connectivity index (χ0n) is 16.8. The lowest BCUT2D eigenvalue weighted by Crippen LogP contribution is -2.40. The Hall–Kier alpha value is -2.83. The van der Waals surface area contributed by atoms with Gasteiger partial charge in [-0.2, -0.15) is 0 Å².